The number of unbranched alkanes of at least 4 members (excludes halogenated alkanes) is 13. The van der Waals surface area contributed by atoms with E-state index in [-0.39, 0.29) is 0 Å². The van der Waals surface area contributed by atoms with Gasteiger partial charge in [-0.3, -0.25) is 0 Å². The third kappa shape index (κ3) is 15.4. The normalized spacial score (nSPS) is 16.4. The van der Waals surface area contributed by atoms with Gasteiger partial charge in [-0.2, -0.15) is 11.8 Å². The van der Waals surface area contributed by atoms with Gasteiger partial charge in [0.1, 0.15) is 0 Å². The van der Waals surface area contributed by atoms with Crippen molar-refractivity contribution in [3.8, 4) is 0 Å². The van der Waals surface area contributed by atoms with Gasteiger partial charge in [-0.15, -0.1) is 0 Å². The van der Waals surface area contributed by atoms with E-state index in [1.54, 1.807) is 0 Å². The molecule has 1 atom stereocenters. The molecule has 0 radical (unpaired) electrons. The summed E-state index contributed by atoms with van der Waals surface area (Å²) in [6.07, 6.45) is 23.4. The molecule has 0 spiro atoms. The number of nitrogens with zero attached hydrogens (tertiary/aromatic N) is 1. The summed E-state index contributed by atoms with van der Waals surface area (Å²) in [5.74, 6) is 3.64. The van der Waals surface area contributed by atoms with Crippen LogP contribution in [0.3, 0.4) is 0 Å². The topological polar surface area (TPSA) is 3.24 Å². The monoisotopic (exact) mass is 383 g/mol. The minimum Gasteiger partial charge on any atom is -0.303 e. The predicted octanol–water partition coefficient (Wildman–Crippen LogP) is 7.93. The number of thioether (sulfide) groups is 1. The van der Waals surface area contributed by atoms with Crippen LogP contribution in [0, 0.1) is 5.92 Å². The van der Waals surface area contributed by atoms with Gasteiger partial charge in [-0.25, -0.2) is 0 Å². The molecule has 0 aliphatic carbocycles. The first-order valence-electron chi connectivity index (χ1n) is 12.1. The Morgan fingerprint density at radius 1 is 0.692 bits per heavy atom. The van der Waals surface area contributed by atoms with E-state index in [9.17, 15) is 0 Å². The Bertz CT molecular complexity index is 275. The Balaban J connectivity index is 1.69. The predicted molar refractivity (Wildman–Crippen MR) is 122 cm³/mol. The van der Waals surface area contributed by atoms with E-state index in [4.69, 9.17) is 0 Å². The minimum absolute atomic E-state index is 0.879. The van der Waals surface area contributed by atoms with Crippen molar-refractivity contribution in [3.05, 3.63) is 0 Å². The summed E-state index contributed by atoms with van der Waals surface area (Å²) in [7, 11) is 0. The highest BCUT2D eigenvalue weighted by Crippen LogP contribution is 2.17. The van der Waals surface area contributed by atoms with Gasteiger partial charge in [-0.1, -0.05) is 97.3 Å². The SMILES string of the molecule is CCCCCCCCCCCCCCCCSCC(C)CN1CCCC1. The van der Waals surface area contributed by atoms with Crippen LogP contribution in [-0.2, 0) is 0 Å². The number of rotatable bonds is 19. The molecular weight excluding hydrogens is 334 g/mol. The zero-order valence-corrected chi connectivity index (χ0v) is 19.1. The highest BCUT2D eigenvalue weighted by atomic mass is 32.2. The molecule has 0 aromatic rings. The molecule has 1 fully saturated rings. The second-order valence-electron chi connectivity index (χ2n) is 8.78. The van der Waals surface area contributed by atoms with Gasteiger partial charge in [0.05, 0.1) is 0 Å². The highest BCUT2D eigenvalue weighted by molar-refractivity contribution is 7.99. The van der Waals surface area contributed by atoms with Gasteiger partial charge < -0.3 is 4.90 Å². The fourth-order valence-corrected chi connectivity index (χ4v) is 5.22. The third-order valence-electron chi connectivity index (χ3n) is 5.81. The lowest BCUT2D eigenvalue weighted by Gasteiger charge is -2.19. The highest BCUT2D eigenvalue weighted by Gasteiger charge is 2.14. The Morgan fingerprint density at radius 2 is 1.15 bits per heavy atom. The maximum absolute atomic E-state index is 2.66. The fraction of sp³-hybridized carbons (Fsp3) is 1.00. The molecular formula is C24H49NS. The van der Waals surface area contributed by atoms with Crippen LogP contribution < -0.4 is 0 Å². The van der Waals surface area contributed by atoms with Crippen LogP contribution in [0.2, 0.25) is 0 Å². The molecule has 0 bridgehead atoms. The molecule has 0 aromatic carbocycles. The maximum Gasteiger partial charge on any atom is 0.00149 e. The lowest BCUT2D eigenvalue weighted by molar-refractivity contribution is 0.300. The van der Waals surface area contributed by atoms with Gasteiger partial charge >= 0.3 is 0 Å². The summed E-state index contributed by atoms with van der Waals surface area (Å²) in [6.45, 7) is 8.79. The van der Waals surface area contributed by atoms with E-state index in [2.05, 4.69) is 30.5 Å². The van der Waals surface area contributed by atoms with Crippen molar-refractivity contribution in [2.75, 3.05) is 31.1 Å². The second kappa shape index (κ2) is 18.7. The molecule has 0 aromatic heterocycles. The van der Waals surface area contributed by atoms with E-state index < -0.39 is 0 Å². The lowest BCUT2D eigenvalue weighted by atomic mass is 10.0. The molecule has 1 nitrogen and oxygen atoms in total. The Hall–Kier alpha value is 0.310. The fourth-order valence-electron chi connectivity index (χ4n) is 4.14. The molecule has 0 amide bonds. The molecule has 1 rings (SSSR count). The minimum atomic E-state index is 0.879. The summed E-state index contributed by atoms with van der Waals surface area (Å²) in [5, 5.41) is 0. The van der Waals surface area contributed by atoms with E-state index >= 15 is 0 Å². The third-order valence-corrected chi connectivity index (χ3v) is 7.20. The maximum atomic E-state index is 2.66. The first-order valence-corrected chi connectivity index (χ1v) is 13.3. The number of hydrogen-bond acceptors (Lipinski definition) is 2. The zero-order chi connectivity index (χ0) is 18.7. The molecule has 156 valence electrons. The van der Waals surface area contributed by atoms with Crippen LogP contribution in [0.15, 0.2) is 0 Å². The molecule has 0 N–H and O–H groups in total. The molecule has 1 aliphatic heterocycles. The molecule has 2 heteroatoms. The standard InChI is InChI=1S/C24H49NS/c1-3-4-5-6-7-8-9-10-11-12-13-14-15-18-21-26-23-24(2)22-25-19-16-17-20-25/h24H,3-23H2,1-2H3. The van der Waals surface area contributed by atoms with Crippen molar-refractivity contribution in [2.24, 2.45) is 5.92 Å². The Kier molecular flexibility index (Phi) is 17.5. The Labute approximate surface area is 170 Å². The molecule has 1 heterocycles. The van der Waals surface area contributed by atoms with E-state index in [1.165, 1.54) is 134 Å². The molecule has 0 saturated carbocycles. The van der Waals surface area contributed by atoms with Crippen LogP contribution in [0.1, 0.15) is 117 Å². The Morgan fingerprint density at radius 3 is 1.65 bits per heavy atom. The molecule has 1 unspecified atom stereocenters. The van der Waals surface area contributed by atoms with Gasteiger partial charge in [0.2, 0.25) is 0 Å². The van der Waals surface area contributed by atoms with E-state index in [0.29, 0.717) is 0 Å². The van der Waals surface area contributed by atoms with Crippen molar-refractivity contribution in [3.63, 3.8) is 0 Å². The van der Waals surface area contributed by atoms with Gasteiger partial charge in [0, 0.05) is 6.54 Å². The van der Waals surface area contributed by atoms with Crippen molar-refractivity contribution in [1.29, 1.82) is 0 Å². The van der Waals surface area contributed by atoms with Crippen molar-refractivity contribution in [2.45, 2.75) is 117 Å². The number of hydrogen-bond donors (Lipinski definition) is 0. The van der Waals surface area contributed by atoms with Crippen molar-refractivity contribution in [1.82, 2.24) is 4.90 Å². The smallest absolute Gasteiger partial charge is 0.00149 e. The van der Waals surface area contributed by atoms with E-state index in [0.717, 1.165) is 5.92 Å². The summed E-state index contributed by atoms with van der Waals surface area (Å²) in [6, 6.07) is 0. The first kappa shape index (κ1) is 24.3. The summed E-state index contributed by atoms with van der Waals surface area (Å²) < 4.78 is 0. The average molecular weight is 384 g/mol. The van der Waals surface area contributed by atoms with Crippen molar-refractivity contribution >= 4 is 11.8 Å². The van der Waals surface area contributed by atoms with Gasteiger partial charge in [0.25, 0.3) is 0 Å². The van der Waals surface area contributed by atoms with Crippen LogP contribution in [-0.4, -0.2) is 36.0 Å². The molecule has 26 heavy (non-hydrogen) atoms. The second-order valence-corrected chi connectivity index (χ2v) is 9.93. The van der Waals surface area contributed by atoms with Gasteiger partial charge in [0.15, 0.2) is 0 Å². The van der Waals surface area contributed by atoms with Crippen LogP contribution in [0.4, 0.5) is 0 Å². The molecule has 1 saturated heterocycles. The largest absolute Gasteiger partial charge is 0.303 e. The zero-order valence-electron chi connectivity index (χ0n) is 18.3. The van der Waals surface area contributed by atoms with Crippen LogP contribution in [0.5, 0.6) is 0 Å². The average Bonchev–Trinajstić information content (AvgIpc) is 3.14. The van der Waals surface area contributed by atoms with Crippen LogP contribution >= 0.6 is 11.8 Å². The van der Waals surface area contributed by atoms with Crippen LogP contribution in [0.25, 0.3) is 0 Å². The lowest BCUT2D eigenvalue weighted by Crippen LogP contribution is -2.26. The summed E-state index contributed by atoms with van der Waals surface area (Å²) >= 11 is 2.20. The van der Waals surface area contributed by atoms with E-state index in [1.807, 2.05) is 0 Å². The van der Waals surface area contributed by atoms with Gasteiger partial charge in [-0.05, 0) is 49.8 Å². The molecule has 1 aliphatic rings. The summed E-state index contributed by atoms with van der Waals surface area (Å²) in [5.41, 5.74) is 0. The first-order chi connectivity index (χ1) is 12.8. The van der Waals surface area contributed by atoms with Crippen molar-refractivity contribution < 1.29 is 0 Å². The summed E-state index contributed by atoms with van der Waals surface area (Å²) in [4.78, 5) is 2.66. The number of likely N-dealkylation sites (tertiary alicyclic amines) is 1. The quantitative estimate of drug-likeness (QED) is 0.208.